The predicted octanol–water partition coefficient (Wildman–Crippen LogP) is 1.16. The summed E-state index contributed by atoms with van der Waals surface area (Å²) in [7, 11) is 0. The van der Waals surface area contributed by atoms with Crippen molar-refractivity contribution in [1.29, 1.82) is 0 Å². The molecule has 0 spiro atoms. The monoisotopic (exact) mass is 311 g/mol. The van der Waals surface area contributed by atoms with Gasteiger partial charge in [-0.15, -0.1) is 0 Å². The van der Waals surface area contributed by atoms with E-state index in [1.807, 2.05) is 0 Å². The molecular weight excluding hydrogens is 293 g/mol. The molecule has 13 heavy (non-hydrogen) atoms. The number of aliphatic hydroxyl groups excluding tert-OH is 1. The fraction of sp³-hybridized carbons (Fsp3) is 1.00. The van der Waals surface area contributed by atoms with Crippen LogP contribution >= 0.6 is 0 Å². The molecule has 0 aromatic carbocycles. The normalized spacial score (nSPS) is 51.9. The molecule has 0 aliphatic heterocycles. The third-order valence-electron chi connectivity index (χ3n) is 4.12. The third kappa shape index (κ3) is 1.84. The van der Waals surface area contributed by atoms with Crippen LogP contribution in [0, 0.1) is 58.5 Å². The fourth-order valence-corrected chi connectivity index (χ4v) is 2.81. The van der Waals surface area contributed by atoms with Crippen molar-refractivity contribution in [2.75, 3.05) is 0 Å². The predicted molar refractivity (Wildman–Crippen MR) is 46.6 cm³/mol. The quantitative estimate of drug-likeness (QED) is 0.705. The summed E-state index contributed by atoms with van der Waals surface area (Å²) in [4.78, 5) is 0. The second-order valence-corrected chi connectivity index (χ2v) is 5.35. The summed E-state index contributed by atoms with van der Waals surface area (Å²) in [5.74, 6) is 1.28. The van der Waals surface area contributed by atoms with Gasteiger partial charge in [-0.3, -0.25) is 0 Å². The van der Waals surface area contributed by atoms with Gasteiger partial charge in [0, 0.05) is 41.3 Å². The van der Waals surface area contributed by atoms with E-state index < -0.39 is 11.7 Å². The van der Waals surface area contributed by atoms with E-state index in [1.165, 1.54) is 0 Å². The molecule has 2 N–H and O–H groups in total. The van der Waals surface area contributed by atoms with Crippen molar-refractivity contribution in [3.05, 3.63) is 0 Å². The second-order valence-electron chi connectivity index (χ2n) is 5.35. The summed E-state index contributed by atoms with van der Waals surface area (Å²) in [5.41, 5.74) is -0.476. The van der Waals surface area contributed by atoms with E-state index in [9.17, 15) is 10.2 Å². The summed E-state index contributed by atoms with van der Waals surface area (Å²) in [6.07, 6.45) is 1.04. The molecule has 3 heteroatoms. The molecule has 73 valence electrons. The van der Waals surface area contributed by atoms with Crippen LogP contribution in [-0.4, -0.2) is 21.9 Å². The number of hydrogen-bond acceptors (Lipinski definition) is 2. The topological polar surface area (TPSA) is 40.5 Å². The van der Waals surface area contributed by atoms with Crippen molar-refractivity contribution in [1.82, 2.24) is 0 Å². The van der Waals surface area contributed by atoms with Gasteiger partial charge in [-0.25, -0.2) is 0 Å². The smallest absolute Gasteiger partial charge is 0.0880 e. The zero-order valence-electron chi connectivity index (χ0n) is 8.62. The molecular formula is C10H18O2Pr. The van der Waals surface area contributed by atoms with Crippen LogP contribution in [0.3, 0.4) is 0 Å². The second kappa shape index (κ2) is 3.40. The van der Waals surface area contributed by atoms with Crippen LogP contribution in [0.1, 0.15) is 33.6 Å². The van der Waals surface area contributed by atoms with Gasteiger partial charge in [0.05, 0.1) is 11.7 Å². The minimum Gasteiger partial charge on any atom is -0.390 e. The number of fused-ring (bicyclic) bond motifs is 1. The Morgan fingerprint density at radius 1 is 1.15 bits per heavy atom. The molecule has 4 atom stereocenters. The molecule has 2 saturated carbocycles. The molecule has 2 fully saturated rings. The Morgan fingerprint density at radius 2 is 1.69 bits per heavy atom. The van der Waals surface area contributed by atoms with Crippen LogP contribution < -0.4 is 0 Å². The van der Waals surface area contributed by atoms with Crippen LogP contribution in [0.5, 0.6) is 0 Å². The SMILES string of the molecule is CC1(O)C[C@H]2[C@@H](CC1O)C2(C)C.[Pr]. The van der Waals surface area contributed by atoms with Gasteiger partial charge in [-0.1, -0.05) is 13.8 Å². The summed E-state index contributed by atoms with van der Waals surface area (Å²) in [6.45, 7) is 6.22. The maximum atomic E-state index is 9.82. The molecule has 0 bridgehead atoms. The van der Waals surface area contributed by atoms with E-state index in [4.69, 9.17) is 0 Å². The van der Waals surface area contributed by atoms with Crippen LogP contribution in [0.2, 0.25) is 0 Å². The van der Waals surface area contributed by atoms with Crippen molar-refractivity contribution in [3.8, 4) is 0 Å². The van der Waals surface area contributed by atoms with Gasteiger partial charge in [0.15, 0.2) is 0 Å². The minimum atomic E-state index is -0.838. The summed E-state index contributed by atoms with van der Waals surface area (Å²) in [6, 6.07) is 0. The molecule has 2 nitrogen and oxygen atoms in total. The standard InChI is InChI=1S/C10H18O2.Pr/c1-9(2)6-4-8(11)10(3,12)5-7(6)9;/h6-8,11-12H,4-5H2,1-3H3;/t6-,7+,8?,10?;/m1./s1. The van der Waals surface area contributed by atoms with Crippen LogP contribution in [0.25, 0.3) is 0 Å². The Morgan fingerprint density at radius 3 is 2.15 bits per heavy atom. The third-order valence-corrected chi connectivity index (χ3v) is 4.12. The van der Waals surface area contributed by atoms with Gasteiger partial charge in [0.25, 0.3) is 0 Å². The Kier molecular flexibility index (Phi) is 3.23. The first-order valence-electron chi connectivity index (χ1n) is 4.76. The minimum absolute atomic E-state index is 0. The fourth-order valence-electron chi connectivity index (χ4n) is 2.81. The maximum Gasteiger partial charge on any atom is 0.0880 e. The van der Waals surface area contributed by atoms with Gasteiger partial charge in [0.2, 0.25) is 0 Å². The Hall–Kier alpha value is 1.28. The van der Waals surface area contributed by atoms with Crippen molar-refractivity contribution in [2.24, 2.45) is 17.3 Å². The van der Waals surface area contributed by atoms with Gasteiger partial charge >= 0.3 is 0 Å². The Labute approximate surface area is 113 Å². The van der Waals surface area contributed by atoms with E-state index in [0.717, 1.165) is 12.8 Å². The molecule has 2 rings (SSSR count). The van der Waals surface area contributed by atoms with Crippen molar-refractivity contribution in [2.45, 2.75) is 45.3 Å². The largest absolute Gasteiger partial charge is 0.390 e. The first-order chi connectivity index (χ1) is 5.36. The van der Waals surface area contributed by atoms with E-state index in [0.29, 0.717) is 17.3 Å². The van der Waals surface area contributed by atoms with Gasteiger partial charge < -0.3 is 10.2 Å². The molecule has 2 aliphatic rings. The number of rotatable bonds is 0. The van der Waals surface area contributed by atoms with Crippen LogP contribution in [-0.2, 0) is 0 Å². The molecule has 0 saturated heterocycles. The average molecular weight is 311 g/mol. The summed E-state index contributed by atoms with van der Waals surface area (Å²) < 4.78 is 0. The molecule has 0 heterocycles. The summed E-state index contributed by atoms with van der Waals surface area (Å²) >= 11 is 0. The van der Waals surface area contributed by atoms with Gasteiger partial charge in [-0.05, 0) is 37.0 Å². The average Bonchev–Trinajstić information content (AvgIpc) is 2.37. The van der Waals surface area contributed by atoms with Crippen LogP contribution in [0.4, 0.5) is 0 Å². The van der Waals surface area contributed by atoms with Crippen LogP contribution in [0.15, 0.2) is 0 Å². The van der Waals surface area contributed by atoms with Gasteiger partial charge in [0.1, 0.15) is 0 Å². The molecule has 2 unspecified atom stereocenters. The van der Waals surface area contributed by atoms with Crippen molar-refractivity contribution < 1.29 is 51.5 Å². The van der Waals surface area contributed by atoms with E-state index in [1.54, 1.807) is 6.92 Å². The van der Waals surface area contributed by atoms with Crippen molar-refractivity contribution in [3.63, 3.8) is 0 Å². The van der Waals surface area contributed by atoms with E-state index in [2.05, 4.69) is 13.8 Å². The number of aliphatic hydroxyl groups is 2. The zero-order chi connectivity index (χ0) is 9.15. The first kappa shape index (κ1) is 12.4. The number of hydrogen-bond donors (Lipinski definition) is 2. The summed E-state index contributed by atoms with van der Waals surface area (Å²) in [5, 5.41) is 19.4. The Balaban J connectivity index is 0.000000845. The molecule has 0 aromatic heterocycles. The van der Waals surface area contributed by atoms with Crippen molar-refractivity contribution >= 4 is 0 Å². The molecule has 1 radical (unpaired) electrons. The Bertz CT molecular complexity index is 213. The maximum absolute atomic E-state index is 9.82. The molecule has 2 aliphatic carbocycles. The van der Waals surface area contributed by atoms with Gasteiger partial charge in [-0.2, -0.15) is 0 Å². The van der Waals surface area contributed by atoms with E-state index in [-0.39, 0.29) is 41.3 Å². The zero-order valence-corrected chi connectivity index (χ0v) is 12.3. The molecule has 0 amide bonds. The first-order valence-corrected chi connectivity index (χ1v) is 4.76. The molecule has 0 aromatic rings. The van der Waals surface area contributed by atoms with E-state index >= 15 is 0 Å².